The van der Waals surface area contributed by atoms with Crippen molar-refractivity contribution in [3.05, 3.63) is 95.6 Å². The van der Waals surface area contributed by atoms with E-state index >= 15 is 0 Å². The van der Waals surface area contributed by atoms with Gasteiger partial charge in [0.05, 0.1) is 12.5 Å². The van der Waals surface area contributed by atoms with Gasteiger partial charge in [0.2, 0.25) is 0 Å². The van der Waals surface area contributed by atoms with E-state index in [1.807, 2.05) is 60.7 Å². The number of carbonyl (C=O) groups excluding carboxylic acids is 1. The molecule has 0 saturated carbocycles. The molecular weight excluding hydrogens is 446 g/mol. The SMILES string of the molecule is CC(C)(C)OC(=O)NC(CC(=O)O)c1ccc(OCc2ccccc2)c(OCc2ccccc2)c1. The second-order valence-electron chi connectivity index (χ2n) is 9.05. The molecule has 1 amide bonds. The van der Waals surface area contributed by atoms with E-state index in [-0.39, 0.29) is 6.42 Å². The fraction of sp³-hybridized carbons (Fsp3) is 0.286. The summed E-state index contributed by atoms with van der Waals surface area (Å²) in [6, 6.07) is 23.8. The third-order valence-electron chi connectivity index (χ3n) is 4.91. The zero-order valence-corrected chi connectivity index (χ0v) is 20.2. The second-order valence-corrected chi connectivity index (χ2v) is 9.05. The standard InChI is InChI=1S/C28H31NO6/c1-28(2,3)35-27(32)29-23(17-26(30)31)22-14-15-24(33-18-20-10-6-4-7-11-20)25(16-22)34-19-21-12-8-5-9-13-21/h4-16,23H,17-19H2,1-3H3,(H,29,32)(H,30,31). The predicted octanol–water partition coefficient (Wildman–Crippen LogP) is 5.89. The Bertz CT molecular complexity index is 1110. The molecule has 0 aromatic heterocycles. The number of aliphatic carboxylic acids is 1. The maximum Gasteiger partial charge on any atom is 0.408 e. The number of amides is 1. The second kappa shape index (κ2) is 11.9. The molecule has 1 atom stereocenters. The van der Waals surface area contributed by atoms with E-state index in [1.54, 1.807) is 39.0 Å². The van der Waals surface area contributed by atoms with Crippen molar-refractivity contribution in [2.45, 2.75) is 52.0 Å². The topological polar surface area (TPSA) is 94.1 Å². The quantitative estimate of drug-likeness (QED) is 0.378. The summed E-state index contributed by atoms with van der Waals surface area (Å²) in [5.41, 5.74) is 1.83. The van der Waals surface area contributed by atoms with Crippen LogP contribution in [0.15, 0.2) is 78.9 Å². The average Bonchev–Trinajstić information content (AvgIpc) is 2.81. The molecule has 0 saturated heterocycles. The van der Waals surface area contributed by atoms with Crippen molar-refractivity contribution < 1.29 is 28.9 Å². The van der Waals surface area contributed by atoms with Gasteiger partial charge in [0, 0.05) is 0 Å². The number of carboxylic acid groups (broad SMARTS) is 1. The Balaban J connectivity index is 1.85. The molecule has 184 valence electrons. The highest BCUT2D eigenvalue weighted by Gasteiger charge is 2.23. The highest BCUT2D eigenvalue weighted by Crippen LogP contribution is 2.33. The third-order valence-corrected chi connectivity index (χ3v) is 4.91. The summed E-state index contributed by atoms with van der Waals surface area (Å²) in [6.45, 7) is 5.87. The van der Waals surface area contributed by atoms with Crippen LogP contribution in [0, 0.1) is 0 Å². The molecule has 0 fully saturated rings. The summed E-state index contributed by atoms with van der Waals surface area (Å²) in [5, 5.41) is 12.1. The number of rotatable bonds is 10. The van der Waals surface area contributed by atoms with E-state index in [4.69, 9.17) is 14.2 Å². The number of carbonyl (C=O) groups is 2. The fourth-order valence-corrected chi connectivity index (χ4v) is 3.32. The average molecular weight is 478 g/mol. The molecule has 3 rings (SSSR count). The van der Waals surface area contributed by atoms with Crippen LogP contribution in [0.25, 0.3) is 0 Å². The van der Waals surface area contributed by atoms with Gasteiger partial charge in [-0.15, -0.1) is 0 Å². The first-order chi connectivity index (χ1) is 16.7. The minimum atomic E-state index is -1.05. The summed E-state index contributed by atoms with van der Waals surface area (Å²) < 4.78 is 17.4. The first kappa shape index (κ1) is 25.6. The van der Waals surface area contributed by atoms with Gasteiger partial charge in [0.15, 0.2) is 11.5 Å². The molecule has 0 aliphatic rings. The zero-order chi connectivity index (χ0) is 25.3. The lowest BCUT2D eigenvalue weighted by atomic mass is 10.0. The number of benzene rings is 3. The van der Waals surface area contributed by atoms with E-state index < -0.39 is 23.7 Å². The Morgan fingerprint density at radius 1 is 0.829 bits per heavy atom. The molecule has 0 radical (unpaired) electrons. The summed E-state index contributed by atoms with van der Waals surface area (Å²) in [5.74, 6) is -0.0919. The molecule has 0 heterocycles. The molecule has 0 aliphatic heterocycles. The Hall–Kier alpha value is -4.00. The summed E-state index contributed by atoms with van der Waals surface area (Å²) in [7, 11) is 0. The van der Waals surface area contributed by atoms with E-state index in [0.29, 0.717) is 30.3 Å². The maximum absolute atomic E-state index is 12.4. The normalized spacial score (nSPS) is 11.9. The molecule has 7 heteroatoms. The van der Waals surface area contributed by atoms with Crippen molar-refractivity contribution in [2.75, 3.05) is 0 Å². The molecule has 35 heavy (non-hydrogen) atoms. The van der Waals surface area contributed by atoms with Crippen LogP contribution in [-0.4, -0.2) is 22.8 Å². The number of alkyl carbamates (subject to hydrolysis) is 1. The number of ether oxygens (including phenoxy) is 3. The number of nitrogens with one attached hydrogen (secondary N) is 1. The van der Waals surface area contributed by atoms with Crippen LogP contribution in [0.4, 0.5) is 4.79 Å². The van der Waals surface area contributed by atoms with Crippen LogP contribution in [0.2, 0.25) is 0 Å². The smallest absolute Gasteiger partial charge is 0.408 e. The van der Waals surface area contributed by atoms with Gasteiger partial charge in [-0.1, -0.05) is 66.7 Å². The summed E-state index contributed by atoms with van der Waals surface area (Å²) in [6.07, 6.45) is -1.01. The first-order valence-electron chi connectivity index (χ1n) is 11.4. The van der Waals surface area contributed by atoms with Crippen molar-refractivity contribution in [2.24, 2.45) is 0 Å². The maximum atomic E-state index is 12.4. The lowest BCUT2D eigenvalue weighted by Gasteiger charge is -2.24. The highest BCUT2D eigenvalue weighted by atomic mass is 16.6. The Morgan fingerprint density at radius 2 is 1.37 bits per heavy atom. The molecule has 3 aromatic carbocycles. The van der Waals surface area contributed by atoms with E-state index in [1.165, 1.54) is 0 Å². The Labute approximate surface area is 205 Å². The predicted molar refractivity (Wildman–Crippen MR) is 132 cm³/mol. The minimum Gasteiger partial charge on any atom is -0.485 e. The van der Waals surface area contributed by atoms with Crippen LogP contribution in [0.1, 0.15) is 49.9 Å². The van der Waals surface area contributed by atoms with Gasteiger partial charge in [0.1, 0.15) is 18.8 Å². The summed E-state index contributed by atoms with van der Waals surface area (Å²) >= 11 is 0. The highest BCUT2D eigenvalue weighted by molar-refractivity contribution is 5.72. The molecular formula is C28H31NO6. The van der Waals surface area contributed by atoms with E-state index in [9.17, 15) is 14.7 Å². The molecule has 3 aromatic rings. The van der Waals surface area contributed by atoms with Gasteiger partial charge < -0.3 is 24.6 Å². The van der Waals surface area contributed by atoms with Gasteiger partial charge in [-0.25, -0.2) is 4.79 Å². The van der Waals surface area contributed by atoms with Gasteiger partial charge in [-0.05, 0) is 49.6 Å². The summed E-state index contributed by atoms with van der Waals surface area (Å²) in [4.78, 5) is 23.9. The van der Waals surface area contributed by atoms with Crippen LogP contribution in [0.5, 0.6) is 11.5 Å². The Kier molecular flexibility index (Phi) is 8.73. The molecule has 7 nitrogen and oxygen atoms in total. The van der Waals surface area contributed by atoms with Crippen molar-refractivity contribution in [3.8, 4) is 11.5 Å². The fourth-order valence-electron chi connectivity index (χ4n) is 3.32. The van der Waals surface area contributed by atoms with Gasteiger partial charge in [-0.2, -0.15) is 0 Å². The first-order valence-corrected chi connectivity index (χ1v) is 11.4. The van der Waals surface area contributed by atoms with Gasteiger partial charge in [0.25, 0.3) is 0 Å². The van der Waals surface area contributed by atoms with Gasteiger partial charge in [-0.3, -0.25) is 4.79 Å². The van der Waals surface area contributed by atoms with Crippen molar-refractivity contribution >= 4 is 12.1 Å². The van der Waals surface area contributed by atoms with Crippen LogP contribution in [-0.2, 0) is 22.7 Å². The molecule has 0 spiro atoms. The van der Waals surface area contributed by atoms with Crippen LogP contribution < -0.4 is 14.8 Å². The van der Waals surface area contributed by atoms with Crippen molar-refractivity contribution in [3.63, 3.8) is 0 Å². The number of carboxylic acids is 1. The van der Waals surface area contributed by atoms with Crippen LogP contribution >= 0.6 is 0 Å². The number of hydrogen-bond acceptors (Lipinski definition) is 5. The Morgan fingerprint density at radius 3 is 1.89 bits per heavy atom. The lowest BCUT2D eigenvalue weighted by molar-refractivity contribution is -0.137. The molecule has 0 aliphatic carbocycles. The molecule has 2 N–H and O–H groups in total. The third kappa shape index (κ3) is 8.70. The van der Waals surface area contributed by atoms with Crippen molar-refractivity contribution in [1.29, 1.82) is 0 Å². The van der Waals surface area contributed by atoms with E-state index in [0.717, 1.165) is 11.1 Å². The number of hydrogen-bond donors (Lipinski definition) is 2. The largest absolute Gasteiger partial charge is 0.485 e. The van der Waals surface area contributed by atoms with E-state index in [2.05, 4.69) is 5.32 Å². The van der Waals surface area contributed by atoms with Crippen LogP contribution in [0.3, 0.4) is 0 Å². The zero-order valence-electron chi connectivity index (χ0n) is 20.2. The van der Waals surface area contributed by atoms with Gasteiger partial charge >= 0.3 is 12.1 Å². The lowest BCUT2D eigenvalue weighted by Crippen LogP contribution is -2.35. The minimum absolute atomic E-state index is 0.301. The monoisotopic (exact) mass is 477 g/mol. The molecule has 1 unspecified atom stereocenters. The van der Waals surface area contributed by atoms with Crippen molar-refractivity contribution in [1.82, 2.24) is 5.32 Å². The molecule has 0 bridgehead atoms.